The number of anilines is 2. The number of halogens is 3. The van der Waals surface area contributed by atoms with Crippen molar-refractivity contribution in [3.05, 3.63) is 70.5 Å². The molecule has 0 aliphatic carbocycles. The van der Waals surface area contributed by atoms with Crippen molar-refractivity contribution in [2.75, 3.05) is 11.9 Å². The molecule has 0 radical (unpaired) electrons. The van der Waals surface area contributed by atoms with Gasteiger partial charge in [0, 0.05) is 36.2 Å². The highest BCUT2D eigenvalue weighted by atomic mass is 19.4. The second kappa shape index (κ2) is 7.10. The number of nitrogens with zero attached hydrogens (tertiary/aromatic N) is 5. The van der Waals surface area contributed by atoms with E-state index < -0.39 is 16.7 Å². The van der Waals surface area contributed by atoms with Gasteiger partial charge in [-0.2, -0.15) is 13.2 Å². The van der Waals surface area contributed by atoms with Gasteiger partial charge in [0.05, 0.1) is 16.0 Å². The molecule has 2 aromatic carbocycles. The van der Waals surface area contributed by atoms with Crippen LogP contribution in [0.25, 0.3) is 22.2 Å². The summed E-state index contributed by atoms with van der Waals surface area (Å²) in [6, 6.07) is 10.3. The molecule has 152 valence electrons. The zero-order valence-electron chi connectivity index (χ0n) is 15.3. The fourth-order valence-electron chi connectivity index (χ4n) is 2.91. The molecule has 8 nitrogen and oxygen atoms in total. The Labute approximate surface area is 166 Å². The van der Waals surface area contributed by atoms with Gasteiger partial charge in [-0.05, 0) is 18.2 Å². The highest BCUT2D eigenvalue weighted by molar-refractivity contribution is 5.92. The van der Waals surface area contributed by atoms with E-state index in [1.54, 1.807) is 18.0 Å². The van der Waals surface area contributed by atoms with Gasteiger partial charge >= 0.3 is 6.18 Å². The molecular weight excluding hydrogens is 403 g/mol. The van der Waals surface area contributed by atoms with Crippen molar-refractivity contribution < 1.29 is 22.6 Å². The monoisotopic (exact) mass is 415 g/mol. The zero-order chi connectivity index (χ0) is 21.5. The molecule has 0 aliphatic rings. The van der Waals surface area contributed by atoms with Crippen molar-refractivity contribution in [2.45, 2.75) is 6.18 Å². The van der Waals surface area contributed by atoms with Gasteiger partial charge in [0.25, 0.3) is 5.69 Å². The Balaban J connectivity index is 1.66. The Bertz CT molecular complexity index is 1240. The van der Waals surface area contributed by atoms with Crippen LogP contribution >= 0.6 is 0 Å². The third kappa shape index (κ3) is 3.52. The van der Waals surface area contributed by atoms with E-state index in [0.717, 1.165) is 12.1 Å². The van der Waals surface area contributed by atoms with Crippen molar-refractivity contribution >= 4 is 28.3 Å². The first-order valence-electron chi connectivity index (χ1n) is 8.51. The minimum Gasteiger partial charge on any atom is -0.338 e. The Morgan fingerprint density at radius 3 is 2.47 bits per heavy atom. The molecule has 4 aromatic rings. The van der Waals surface area contributed by atoms with Gasteiger partial charge in [-0.25, -0.2) is 9.97 Å². The van der Waals surface area contributed by atoms with Crippen LogP contribution in [-0.4, -0.2) is 27.1 Å². The van der Waals surface area contributed by atoms with Crippen molar-refractivity contribution in [3.8, 4) is 11.3 Å². The van der Waals surface area contributed by atoms with Crippen LogP contribution in [0.4, 0.5) is 30.6 Å². The number of hydrogen-bond donors (Lipinski definition) is 0. The molecule has 0 atom stereocenters. The maximum absolute atomic E-state index is 12.7. The van der Waals surface area contributed by atoms with Crippen LogP contribution in [-0.2, 0) is 6.18 Å². The number of alkyl halides is 3. The van der Waals surface area contributed by atoms with Crippen LogP contribution in [0.15, 0.2) is 59.4 Å². The SMILES string of the molecule is CN(c1cc(-c2ccc(C(F)(F)F)cc2)no1)c1ncnc2cc([N+](=O)[O-])ccc12. The largest absolute Gasteiger partial charge is 0.416 e. The lowest BCUT2D eigenvalue weighted by Crippen LogP contribution is -2.11. The van der Waals surface area contributed by atoms with Crippen molar-refractivity contribution in [3.63, 3.8) is 0 Å². The lowest BCUT2D eigenvalue weighted by molar-refractivity contribution is -0.384. The van der Waals surface area contributed by atoms with Crippen LogP contribution in [0.5, 0.6) is 0 Å². The lowest BCUT2D eigenvalue weighted by Gasteiger charge is -2.15. The minimum atomic E-state index is -4.42. The normalized spacial score (nSPS) is 11.6. The standard InChI is InChI=1S/C19H12F3N5O3/c1-26(18-14-7-6-13(27(28)29)8-16(14)23-10-24-18)17-9-15(25-30-17)11-2-4-12(5-3-11)19(20,21)22/h2-10H,1H3. The van der Waals surface area contributed by atoms with E-state index in [4.69, 9.17) is 4.52 Å². The summed E-state index contributed by atoms with van der Waals surface area (Å²) < 4.78 is 43.5. The van der Waals surface area contributed by atoms with E-state index in [1.165, 1.54) is 36.7 Å². The van der Waals surface area contributed by atoms with Crippen molar-refractivity contribution in [1.82, 2.24) is 15.1 Å². The zero-order valence-corrected chi connectivity index (χ0v) is 15.3. The van der Waals surface area contributed by atoms with Gasteiger partial charge in [-0.1, -0.05) is 17.3 Å². The Hall–Kier alpha value is -4.02. The molecule has 2 aromatic heterocycles. The highest BCUT2D eigenvalue weighted by Gasteiger charge is 2.30. The van der Waals surface area contributed by atoms with Gasteiger partial charge < -0.3 is 4.52 Å². The Kier molecular flexibility index (Phi) is 4.57. The predicted octanol–water partition coefficient (Wildman–Crippen LogP) is 4.98. The van der Waals surface area contributed by atoms with Crippen LogP contribution in [0.2, 0.25) is 0 Å². The number of aromatic nitrogens is 3. The molecule has 4 rings (SSSR count). The molecule has 0 saturated heterocycles. The Morgan fingerprint density at radius 1 is 1.07 bits per heavy atom. The maximum atomic E-state index is 12.7. The summed E-state index contributed by atoms with van der Waals surface area (Å²) in [5.41, 5.74) is 0.324. The van der Waals surface area contributed by atoms with Crippen LogP contribution in [0.3, 0.4) is 0 Å². The maximum Gasteiger partial charge on any atom is 0.416 e. The number of fused-ring (bicyclic) bond motifs is 1. The summed E-state index contributed by atoms with van der Waals surface area (Å²) >= 11 is 0. The number of hydrogen-bond acceptors (Lipinski definition) is 7. The van der Waals surface area contributed by atoms with E-state index in [-0.39, 0.29) is 11.6 Å². The first-order chi connectivity index (χ1) is 14.2. The summed E-state index contributed by atoms with van der Waals surface area (Å²) in [6.07, 6.45) is -3.15. The highest BCUT2D eigenvalue weighted by Crippen LogP contribution is 2.34. The van der Waals surface area contributed by atoms with Gasteiger partial charge in [0.1, 0.15) is 17.8 Å². The fourth-order valence-corrected chi connectivity index (χ4v) is 2.91. The molecule has 11 heteroatoms. The van der Waals surface area contributed by atoms with E-state index in [2.05, 4.69) is 15.1 Å². The minimum absolute atomic E-state index is 0.0981. The van der Waals surface area contributed by atoms with E-state index in [9.17, 15) is 23.3 Å². The molecule has 0 fully saturated rings. The second-order valence-corrected chi connectivity index (χ2v) is 6.34. The number of non-ortho nitro benzene ring substituents is 1. The molecule has 0 amide bonds. The summed E-state index contributed by atoms with van der Waals surface area (Å²) in [5.74, 6) is 0.702. The summed E-state index contributed by atoms with van der Waals surface area (Å²) in [4.78, 5) is 20.3. The van der Waals surface area contributed by atoms with Gasteiger partial charge in [0.2, 0.25) is 5.88 Å². The van der Waals surface area contributed by atoms with Gasteiger partial charge in [-0.15, -0.1) is 0 Å². The number of nitro benzene ring substituents is 1. The van der Waals surface area contributed by atoms with Gasteiger partial charge in [0.15, 0.2) is 0 Å². The van der Waals surface area contributed by atoms with Crippen molar-refractivity contribution in [1.29, 1.82) is 0 Å². The number of nitro groups is 1. The number of rotatable bonds is 4. The summed E-state index contributed by atoms with van der Waals surface area (Å²) in [7, 11) is 1.65. The molecule has 2 heterocycles. The lowest BCUT2D eigenvalue weighted by atomic mass is 10.1. The molecule has 0 N–H and O–H groups in total. The average molecular weight is 415 g/mol. The van der Waals surface area contributed by atoms with Crippen LogP contribution in [0.1, 0.15) is 5.56 Å². The molecule has 0 bridgehead atoms. The molecular formula is C19H12F3N5O3. The van der Waals surface area contributed by atoms with Crippen LogP contribution in [0, 0.1) is 10.1 Å². The van der Waals surface area contributed by atoms with E-state index in [1.807, 2.05) is 0 Å². The third-order valence-electron chi connectivity index (χ3n) is 4.46. The van der Waals surface area contributed by atoms with Crippen LogP contribution < -0.4 is 4.90 Å². The first kappa shape index (κ1) is 19.3. The van der Waals surface area contributed by atoms with Gasteiger partial charge in [-0.3, -0.25) is 15.0 Å². The third-order valence-corrected chi connectivity index (χ3v) is 4.46. The van der Waals surface area contributed by atoms with E-state index in [0.29, 0.717) is 28.0 Å². The topological polar surface area (TPSA) is 98.2 Å². The fraction of sp³-hybridized carbons (Fsp3) is 0.105. The molecule has 0 unspecified atom stereocenters. The molecule has 30 heavy (non-hydrogen) atoms. The van der Waals surface area contributed by atoms with Crippen molar-refractivity contribution in [2.24, 2.45) is 0 Å². The Morgan fingerprint density at radius 2 is 1.80 bits per heavy atom. The quantitative estimate of drug-likeness (QED) is 0.342. The second-order valence-electron chi connectivity index (χ2n) is 6.34. The first-order valence-corrected chi connectivity index (χ1v) is 8.51. The molecule has 0 aliphatic heterocycles. The van der Waals surface area contributed by atoms with E-state index >= 15 is 0 Å². The summed E-state index contributed by atoms with van der Waals surface area (Å²) in [6.45, 7) is 0. The summed E-state index contributed by atoms with van der Waals surface area (Å²) in [5, 5.41) is 15.4. The predicted molar refractivity (Wildman–Crippen MR) is 101 cm³/mol. The average Bonchev–Trinajstić information content (AvgIpc) is 3.22. The number of benzene rings is 2. The smallest absolute Gasteiger partial charge is 0.338 e. The molecule has 0 saturated carbocycles. The molecule has 0 spiro atoms.